The molecule has 0 bridgehead atoms. The third-order valence-electron chi connectivity index (χ3n) is 2.62. The van der Waals surface area contributed by atoms with Crippen LogP contribution in [0.5, 0.6) is 0 Å². The lowest BCUT2D eigenvalue weighted by Crippen LogP contribution is -2.46. The van der Waals surface area contributed by atoms with Crippen molar-refractivity contribution in [3.8, 4) is 0 Å². The Kier molecular flexibility index (Phi) is 9.72. The molecule has 8 nitrogen and oxygen atoms in total. The van der Waals surface area contributed by atoms with E-state index in [2.05, 4.69) is 27.8 Å². The summed E-state index contributed by atoms with van der Waals surface area (Å²) in [5.41, 5.74) is -1.04. The molecule has 0 aromatic carbocycles. The van der Waals surface area contributed by atoms with Gasteiger partial charge in [0.1, 0.15) is 12.7 Å². The van der Waals surface area contributed by atoms with Crippen molar-refractivity contribution in [3.63, 3.8) is 0 Å². The highest BCUT2D eigenvalue weighted by atomic mass is 32.1. The van der Waals surface area contributed by atoms with Crippen molar-refractivity contribution < 1.29 is 28.7 Å². The molecule has 0 spiro atoms. The minimum absolute atomic E-state index is 0.0828. The van der Waals surface area contributed by atoms with Crippen LogP contribution in [0.15, 0.2) is 0 Å². The minimum atomic E-state index is -2.79. The first-order valence-electron chi connectivity index (χ1n) is 6.33. The third-order valence-corrected chi connectivity index (χ3v) is 3.19. The second-order valence-corrected chi connectivity index (χ2v) is 6.20. The topological polar surface area (TPSA) is 125 Å². The van der Waals surface area contributed by atoms with Crippen molar-refractivity contribution >= 4 is 32.7 Å². The third kappa shape index (κ3) is 9.00. The number of amides is 2. The molecule has 0 fully saturated rings. The molecule has 0 aromatic rings. The fourth-order valence-corrected chi connectivity index (χ4v) is 1.89. The van der Waals surface area contributed by atoms with E-state index in [-0.39, 0.29) is 25.5 Å². The van der Waals surface area contributed by atoms with E-state index in [0.717, 1.165) is 0 Å². The van der Waals surface area contributed by atoms with Crippen molar-refractivity contribution in [2.75, 3.05) is 25.4 Å². The molecule has 10 heteroatoms. The fourth-order valence-electron chi connectivity index (χ4n) is 1.34. The summed E-state index contributed by atoms with van der Waals surface area (Å²) in [6, 6.07) is 0. The maximum Gasteiger partial charge on any atom is 0.694 e. The zero-order chi connectivity index (χ0) is 16.5. The van der Waals surface area contributed by atoms with Gasteiger partial charge < -0.3 is 15.7 Å². The van der Waals surface area contributed by atoms with Gasteiger partial charge in [0.25, 0.3) is 0 Å². The van der Waals surface area contributed by atoms with Crippen LogP contribution < -0.4 is 10.6 Å². The summed E-state index contributed by atoms with van der Waals surface area (Å²) in [6.07, 6.45) is -1.33. The van der Waals surface area contributed by atoms with Crippen LogP contribution in [-0.4, -0.2) is 53.4 Å². The van der Waals surface area contributed by atoms with Gasteiger partial charge in [0.2, 0.25) is 11.8 Å². The van der Waals surface area contributed by atoms with Gasteiger partial charge >= 0.3 is 8.25 Å². The molecule has 0 radical (unpaired) electrons. The predicted molar refractivity (Wildman–Crippen MR) is 80.1 cm³/mol. The Bertz CT molecular complexity index is 380. The first-order valence-corrected chi connectivity index (χ1v) is 8.09. The SMILES string of the molecule is CC(C)(CO[P+](=O)O)[C@@H](O)C(=O)NCCC(=O)NCCS. The van der Waals surface area contributed by atoms with Crippen molar-refractivity contribution in [1.82, 2.24) is 10.6 Å². The largest absolute Gasteiger partial charge is 0.694 e. The van der Waals surface area contributed by atoms with Crippen LogP contribution in [0.2, 0.25) is 0 Å². The van der Waals surface area contributed by atoms with E-state index in [1.165, 1.54) is 13.8 Å². The Morgan fingerprint density at radius 2 is 1.95 bits per heavy atom. The molecule has 0 aromatic heterocycles. The van der Waals surface area contributed by atoms with E-state index in [4.69, 9.17) is 4.89 Å². The van der Waals surface area contributed by atoms with E-state index in [9.17, 15) is 19.3 Å². The van der Waals surface area contributed by atoms with E-state index < -0.39 is 25.7 Å². The maximum atomic E-state index is 11.7. The number of aliphatic hydroxyl groups is 1. The number of hydrogen-bond donors (Lipinski definition) is 5. The molecule has 0 saturated heterocycles. The van der Waals surface area contributed by atoms with Crippen LogP contribution in [0.25, 0.3) is 0 Å². The summed E-state index contributed by atoms with van der Waals surface area (Å²) < 4.78 is 15.0. The lowest BCUT2D eigenvalue weighted by molar-refractivity contribution is -0.136. The monoisotopic (exact) mass is 341 g/mol. The van der Waals surface area contributed by atoms with Crippen LogP contribution in [0.3, 0.4) is 0 Å². The number of carbonyl (C=O) groups excluding carboxylic acids is 2. The van der Waals surface area contributed by atoms with Crippen LogP contribution in [0.1, 0.15) is 20.3 Å². The highest BCUT2D eigenvalue weighted by Gasteiger charge is 2.36. The summed E-state index contributed by atoms with van der Waals surface area (Å²) in [5.74, 6) is -0.365. The standard InChI is InChI=1S/C11H21N2O6PS/c1-11(2,7-19-20(17)18)9(15)10(16)13-4-3-8(14)12-5-6-21/h9,15H,3-7H2,1-2H3,(H3-,12,13,14,16,17,18,21)/p+1/t9-/m0/s1. The Labute approximate surface area is 130 Å². The molecular weight excluding hydrogens is 319 g/mol. The van der Waals surface area contributed by atoms with Crippen LogP contribution in [0.4, 0.5) is 0 Å². The minimum Gasteiger partial charge on any atom is -0.383 e. The molecule has 0 aliphatic rings. The van der Waals surface area contributed by atoms with E-state index in [1.807, 2.05) is 0 Å². The Balaban J connectivity index is 4.14. The summed E-state index contributed by atoms with van der Waals surface area (Å²) in [4.78, 5) is 31.6. The molecule has 2 atom stereocenters. The maximum absolute atomic E-state index is 11.7. The van der Waals surface area contributed by atoms with Gasteiger partial charge in [-0.25, -0.2) is 0 Å². The predicted octanol–water partition coefficient (Wildman–Crippen LogP) is -0.408. The zero-order valence-corrected chi connectivity index (χ0v) is 13.8. The van der Waals surface area contributed by atoms with E-state index in [0.29, 0.717) is 12.3 Å². The molecule has 0 aliphatic carbocycles. The van der Waals surface area contributed by atoms with Crippen LogP contribution in [0, 0.1) is 5.41 Å². The van der Waals surface area contributed by atoms with Gasteiger partial charge in [-0.2, -0.15) is 12.6 Å². The number of aliphatic hydroxyl groups excluding tert-OH is 1. The number of thiol groups is 1. The molecule has 0 saturated carbocycles. The lowest BCUT2D eigenvalue weighted by Gasteiger charge is -2.26. The van der Waals surface area contributed by atoms with Gasteiger partial charge in [-0.15, -0.1) is 9.42 Å². The van der Waals surface area contributed by atoms with Gasteiger partial charge in [-0.1, -0.05) is 13.8 Å². The smallest absolute Gasteiger partial charge is 0.383 e. The number of nitrogens with one attached hydrogen (secondary N) is 2. The average Bonchev–Trinajstić information content (AvgIpc) is 2.42. The number of rotatable bonds is 10. The summed E-state index contributed by atoms with van der Waals surface area (Å²) in [5, 5.41) is 14.9. The van der Waals surface area contributed by atoms with Gasteiger partial charge in [-0.05, 0) is 0 Å². The summed E-state index contributed by atoms with van der Waals surface area (Å²) in [6.45, 7) is 3.32. The first-order chi connectivity index (χ1) is 9.70. The molecule has 21 heavy (non-hydrogen) atoms. The quantitative estimate of drug-likeness (QED) is 0.272. The van der Waals surface area contributed by atoms with Gasteiger partial charge in [-0.3, -0.25) is 9.59 Å². The zero-order valence-electron chi connectivity index (χ0n) is 12.0. The Hall–Kier alpha value is -0.730. The molecule has 2 amide bonds. The Morgan fingerprint density at radius 1 is 1.33 bits per heavy atom. The number of hydrogen-bond acceptors (Lipinski definition) is 6. The molecular formula is C11H22N2O6PS+. The fraction of sp³-hybridized carbons (Fsp3) is 0.818. The van der Waals surface area contributed by atoms with Crippen molar-refractivity contribution in [1.29, 1.82) is 0 Å². The average molecular weight is 341 g/mol. The van der Waals surface area contributed by atoms with Crippen molar-refractivity contribution in [2.24, 2.45) is 5.41 Å². The summed E-state index contributed by atoms with van der Waals surface area (Å²) in [7, 11) is -2.79. The van der Waals surface area contributed by atoms with Crippen molar-refractivity contribution in [3.05, 3.63) is 0 Å². The molecule has 0 heterocycles. The van der Waals surface area contributed by atoms with Gasteiger partial charge in [0.15, 0.2) is 0 Å². The highest BCUT2D eigenvalue weighted by Crippen LogP contribution is 2.26. The first kappa shape index (κ1) is 20.3. The molecule has 0 aliphatic heterocycles. The van der Waals surface area contributed by atoms with Gasteiger partial charge in [0.05, 0.1) is 0 Å². The molecule has 1 unspecified atom stereocenters. The van der Waals surface area contributed by atoms with Crippen LogP contribution >= 0.6 is 20.9 Å². The number of carbonyl (C=O) groups is 2. The normalized spacial score (nSPS) is 13.5. The second kappa shape index (κ2) is 10.1. The highest BCUT2D eigenvalue weighted by molar-refractivity contribution is 7.80. The Morgan fingerprint density at radius 3 is 2.48 bits per heavy atom. The lowest BCUT2D eigenvalue weighted by atomic mass is 9.87. The summed E-state index contributed by atoms with van der Waals surface area (Å²) >= 11 is 3.94. The molecule has 122 valence electrons. The van der Waals surface area contributed by atoms with Gasteiger partial charge in [0, 0.05) is 35.2 Å². The van der Waals surface area contributed by atoms with E-state index in [1.54, 1.807) is 0 Å². The van der Waals surface area contributed by atoms with Crippen molar-refractivity contribution in [2.45, 2.75) is 26.4 Å². The molecule has 0 rings (SSSR count). The molecule has 4 N–H and O–H groups in total. The second-order valence-electron chi connectivity index (χ2n) is 5.02. The van der Waals surface area contributed by atoms with Crippen LogP contribution in [-0.2, 0) is 18.7 Å². The van der Waals surface area contributed by atoms with E-state index >= 15 is 0 Å².